The summed E-state index contributed by atoms with van der Waals surface area (Å²) in [5, 5.41) is 0. The maximum atomic E-state index is 13.0. The van der Waals surface area contributed by atoms with E-state index in [0.29, 0.717) is 24.5 Å². The van der Waals surface area contributed by atoms with Gasteiger partial charge in [0.2, 0.25) is 0 Å². The van der Waals surface area contributed by atoms with E-state index in [4.69, 9.17) is 9.47 Å². The molecule has 1 heterocycles. The molecular formula is C24H30N2O5S. The number of nitrogens with one attached hydrogen (secondary N) is 1. The second-order valence-corrected chi connectivity index (χ2v) is 10.1. The molecule has 2 aromatic rings. The smallest absolute Gasteiger partial charge is 0.261 e. The first-order valence-corrected chi connectivity index (χ1v) is 12.7. The lowest BCUT2D eigenvalue weighted by atomic mass is 10.1. The first-order valence-electron chi connectivity index (χ1n) is 11.2. The fourth-order valence-corrected chi connectivity index (χ4v) is 5.39. The number of likely N-dealkylation sites (tertiary alicyclic amines) is 1. The molecule has 0 bridgehead atoms. The maximum Gasteiger partial charge on any atom is 0.261 e. The Labute approximate surface area is 189 Å². The minimum Gasteiger partial charge on any atom is -0.496 e. The number of carbonyl (C=O) groups is 1. The van der Waals surface area contributed by atoms with Gasteiger partial charge in [0.05, 0.1) is 23.7 Å². The number of anilines is 1. The molecule has 32 heavy (non-hydrogen) atoms. The van der Waals surface area contributed by atoms with Crippen molar-refractivity contribution >= 4 is 21.6 Å². The molecular weight excluding hydrogens is 428 g/mol. The molecule has 0 aromatic heterocycles. The van der Waals surface area contributed by atoms with Crippen molar-refractivity contribution in [3.05, 3.63) is 48.0 Å². The van der Waals surface area contributed by atoms with Gasteiger partial charge in [0, 0.05) is 18.8 Å². The zero-order valence-corrected chi connectivity index (χ0v) is 19.2. The fourth-order valence-electron chi connectivity index (χ4n) is 4.30. The van der Waals surface area contributed by atoms with Crippen LogP contribution in [0, 0.1) is 0 Å². The van der Waals surface area contributed by atoms with E-state index in [0.717, 1.165) is 37.9 Å². The van der Waals surface area contributed by atoms with Gasteiger partial charge >= 0.3 is 0 Å². The average Bonchev–Trinajstić information content (AvgIpc) is 3.33. The van der Waals surface area contributed by atoms with E-state index in [1.165, 1.54) is 38.2 Å². The van der Waals surface area contributed by atoms with Crippen LogP contribution in [0.25, 0.3) is 0 Å². The number of sulfonamides is 1. The molecule has 0 atom stereocenters. The molecule has 0 unspecified atom stereocenters. The first-order chi connectivity index (χ1) is 15.5. The third-order valence-corrected chi connectivity index (χ3v) is 7.45. The quantitative estimate of drug-likeness (QED) is 0.663. The summed E-state index contributed by atoms with van der Waals surface area (Å²) in [7, 11) is -2.40. The average molecular weight is 459 g/mol. The van der Waals surface area contributed by atoms with Crippen molar-refractivity contribution in [3.63, 3.8) is 0 Å². The first kappa shape index (κ1) is 22.5. The number of ether oxygens (including phenoxy) is 2. The van der Waals surface area contributed by atoms with Gasteiger partial charge in [-0.3, -0.25) is 9.52 Å². The number of rotatable bonds is 7. The molecule has 8 heteroatoms. The lowest BCUT2D eigenvalue weighted by Crippen LogP contribution is -2.35. The Bertz CT molecular complexity index is 1040. The third kappa shape index (κ3) is 5.18. The van der Waals surface area contributed by atoms with Crippen molar-refractivity contribution in [1.82, 2.24) is 4.90 Å². The summed E-state index contributed by atoms with van der Waals surface area (Å²) in [5.41, 5.74) is 0.695. The number of nitrogens with zero attached hydrogens (tertiary/aromatic N) is 1. The molecule has 0 spiro atoms. The van der Waals surface area contributed by atoms with Gasteiger partial charge in [-0.25, -0.2) is 8.42 Å². The highest BCUT2D eigenvalue weighted by Gasteiger charge is 2.24. The summed E-state index contributed by atoms with van der Waals surface area (Å²) < 4.78 is 39.9. The molecule has 4 rings (SSSR count). The lowest BCUT2D eigenvalue weighted by Gasteiger charge is -2.27. The van der Waals surface area contributed by atoms with Crippen LogP contribution in [0.15, 0.2) is 47.4 Å². The Morgan fingerprint density at radius 1 is 0.969 bits per heavy atom. The van der Waals surface area contributed by atoms with Gasteiger partial charge < -0.3 is 14.4 Å². The van der Waals surface area contributed by atoms with Crippen molar-refractivity contribution in [2.24, 2.45) is 0 Å². The Balaban J connectivity index is 1.50. The molecule has 1 N–H and O–H groups in total. The van der Waals surface area contributed by atoms with Crippen LogP contribution >= 0.6 is 0 Å². The van der Waals surface area contributed by atoms with Crippen LogP contribution in [0.4, 0.5) is 5.69 Å². The normalized spacial score (nSPS) is 17.2. The molecule has 7 nitrogen and oxygen atoms in total. The molecule has 2 aromatic carbocycles. The lowest BCUT2D eigenvalue weighted by molar-refractivity contribution is 0.0720. The number of benzene rings is 2. The zero-order chi connectivity index (χ0) is 22.6. The zero-order valence-electron chi connectivity index (χ0n) is 18.4. The maximum absolute atomic E-state index is 13.0. The minimum absolute atomic E-state index is 0.0185. The number of piperidine rings is 1. The standard InChI is InChI=1S/C24H30N2O5S/c1-30-23-14-13-21(17-22(23)24(27)26-15-5-2-6-16-26)32(28,29)25-18-9-11-20(12-10-18)31-19-7-3-4-8-19/h9-14,17,19,25H,2-8,15-16H2,1H3. The highest BCUT2D eigenvalue weighted by Crippen LogP contribution is 2.28. The van der Waals surface area contributed by atoms with Crippen molar-refractivity contribution in [3.8, 4) is 11.5 Å². The fraction of sp³-hybridized carbons (Fsp3) is 0.458. The van der Waals surface area contributed by atoms with Crippen molar-refractivity contribution in [2.75, 3.05) is 24.9 Å². The van der Waals surface area contributed by atoms with Crippen LogP contribution in [0.2, 0.25) is 0 Å². The van der Waals surface area contributed by atoms with E-state index >= 15 is 0 Å². The van der Waals surface area contributed by atoms with Crippen molar-refractivity contribution in [2.45, 2.75) is 55.9 Å². The molecule has 172 valence electrons. The van der Waals surface area contributed by atoms with Gasteiger partial charge in [-0.05, 0) is 87.4 Å². The van der Waals surface area contributed by atoms with Gasteiger partial charge in [0.25, 0.3) is 15.9 Å². The van der Waals surface area contributed by atoms with Gasteiger partial charge in [-0.2, -0.15) is 0 Å². The minimum atomic E-state index is -3.88. The predicted octanol–water partition coefficient (Wildman–Crippen LogP) is 4.44. The van der Waals surface area contributed by atoms with E-state index in [-0.39, 0.29) is 22.5 Å². The van der Waals surface area contributed by atoms with Crippen LogP contribution in [0.1, 0.15) is 55.3 Å². The molecule has 1 aliphatic heterocycles. The molecule has 2 fully saturated rings. The van der Waals surface area contributed by atoms with E-state index in [9.17, 15) is 13.2 Å². The van der Waals surface area contributed by atoms with Gasteiger partial charge in [0.15, 0.2) is 0 Å². The molecule has 1 saturated heterocycles. The van der Waals surface area contributed by atoms with E-state index in [1.807, 2.05) is 0 Å². The second kappa shape index (κ2) is 9.81. The predicted molar refractivity (Wildman–Crippen MR) is 123 cm³/mol. The molecule has 2 aliphatic rings. The van der Waals surface area contributed by atoms with E-state index in [2.05, 4.69) is 4.72 Å². The molecule has 1 amide bonds. The summed E-state index contributed by atoms with van der Waals surface area (Å²) in [5.74, 6) is 0.902. The summed E-state index contributed by atoms with van der Waals surface area (Å²) in [4.78, 5) is 14.8. The van der Waals surface area contributed by atoms with Crippen LogP contribution < -0.4 is 14.2 Å². The van der Waals surface area contributed by atoms with Crippen molar-refractivity contribution < 1.29 is 22.7 Å². The third-order valence-electron chi connectivity index (χ3n) is 6.07. The summed E-state index contributed by atoms with van der Waals surface area (Å²) in [6.45, 7) is 1.35. The SMILES string of the molecule is COc1ccc(S(=O)(=O)Nc2ccc(OC3CCCC3)cc2)cc1C(=O)N1CCCCC1. The largest absolute Gasteiger partial charge is 0.496 e. The summed E-state index contributed by atoms with van der Waals surface area (Å²) in [6.07, 6.45) is 7.74. The Kier molecular flexibility index (Phi) is 6.89. The van der Waals surface area contributed by atoms with E-state index < -0.39 is 10.0 Å². The van der Waals surface area contributed by atoms with Gasteiger partial charge in [-0.1, -0.05) is 0 Å². The number of hydrogen-bond donors (Lipinski definition) is 1. The van der Waals surface area contributed by atoms with Crippen LogP contribution in [-0.4, -0.2) is 45.5 Å². The number of amides is 1. The van der Waals surface area contributed by atoms with Crippen LogP contribution in [-0.2, 0) is 10.0 Å². The summed E-state index contributed by atoms with van der Waals surface area (Å²) in [6, 6.07) is 11.3. The summed E-state index contributed by atoms with van der Waals surface area (Å²) >= 11 is 0. The Hall–Kier alpha value is -2.74. The Morgan fingerprint density at radius 3 is 2.31 bits per heavy atom. The monoisotopic (exact) mass is 458 g/mol. The van der Waals surface area contributed by atoms with E-state index in [1.54, 1.807) is 29.2 Å². The van der Waals surface area contributed by atoms with Crippen LogP contribution in [0.5, 0.6) is 11.5 Å². The van der Waals surface area contributed by atoms with Crippen molar-refractivity contribution in [1.29, 1.82) is 0 Å². The highest BCUT2D eigenvalue weighted by atomic mass is 32.2. The number of carbonyl (C=O) groups excluding carboxylic acids is 1. The molecule has 1 aliphatic carbocycles. The number of hydrogen-bond acceptors (Lipinski definition) is 5. The molecule has 1 saturated carbocycles. The van der Waals surface area contributed by atoms with Crippen LogP contribution in [0.3, 0.4) is 0 Å². The number of methoxy groups -OCH3 is 1. The topological polar surface area (TPSA) is 84.9 Å². The highest BCUT2D eigenvalue weighted by molar-refractivity contribution is 7.92. The Morgan fingerprint density at radius 2 is 1.66 bits per heavy atom. The van der Waals surface area contributed by atoms with Gasteiger partial charge in [-0.15, -0.1) is 0 Å². The second-order valence-electron chi connectivity index (χ2n) is 8.37. The molecule has 0 radical (unpaired) electrons. The van der Waals surface area contributed by atoms with Gasteiger partial charge in [0.1, 0.15) is 11.5 Å².